The van der Waals surface area contributed by atoms with Gasteiger partial charge in [0.05, 0.1) is 10.8 Å². The van der Waals surface area contributed by atoms with Gasteiger partial charge in [0.25, 0.3) is 5.91 Å². The van der Waals surface area contributed by atoms with Crippen LogP contribution in [0, 0.1) is 5.92 Å². The van der Waals surface area contributed by atoms with Crippen LogP contribution in [0.4, 0.5) is 0 Å². The molecule has 1 fully saturated rings. The van der Waals surface area contributed by atoms with Crippen LogP contribution in [-0.4, -0.2) is 30.6 Å². The number of amides is 1. The average Bonchev–Trinajstić information content (AvgIpc) is 2.87. The van der Waals surface area contributed by atoms with E-state index >= 15 is 0 Å². The number of nitrogens with one attached hydrogen (secondary N) is 1. The van der Waals surface area contributed by atoms with Crippen LogP contribution in [0.5, 0.6) is 0 Å². The first-order chi connectivity index (χ1) is 10.3. The highest BCUT2D eigenvalue weighted by Gasteiger charge is 2.36. The molecule has 1 aliphatic heterocycles. The summed E-state index contributed by atoms with van der Waals surface area (Å²) in [7, 11) is 0. The van der Waals surface area contributed by atoms with E-state index in [1.54, 1.807) is 0 Å². The molecule has 2 rings (SSSR count). The minimum absolute atomic E-state index is 0.170. The van der Waals surface area contributed by atoms with Crippen LogP contribution in [0.25, 0.3) is 0 Å². The molecule has 122 valence electrons. The fourth-order valence-electron chi connectivity index (χ4n) is 2.88. The minimum Gasteiger partial charge on any atom is -0.459 e. The van der Waals surface area contributed by atoms with Crippen molar-refractivity contribution in [1.29, 1.82) is 0 Å². The van der Waals surface area contributed by atoms with Crippen molar-refractivity contribution in [2.45, 2.75) is 45.1 Å². The molecule has 3 N–H and O–H groups in total. The monoisotopic (exact) mass is 324 g/mol. The number of primary amides is 1. The first-order valence-corrected chi connectivity index (χ1v) is 8.48. The quantitative estimate of drug-likeness (QED) is 0.833. The van der Waals surface area contributed by atoms with E-state index in [-0.39, 0.29) is 11.9 Å². The number of hydrogen-bond acceptors (Lipinski definition) is 5. The molecule has 22 heavy (non-hydrogen) atoms. The molecule has 1 atom stereocenters. The molecule has 5 nitrogen and oxygen atoms in total. The second-order valence-corrected chi connectivity index (χ2v) is 7.58. The molecule has 0 aromatic carbocycles. The second kappa shape index (κ2) is 6.79. The standard InChI is InChI=1S/C16H24N2O3S/c1-16(2,3)21-15(20)12(10-4-7-18-8-5-10)11-6-9-22-13(11)14(17)19/h6,9-10,12,18H,4-5,7-8H2,1-3H3,(H2,17,19). The van der Waals surface area contributed by atoms with E-state index in [9.17, 15) is 9.59 Å². The lowest BCUT2D eigenvalue weighted by Gasteiger charge is -2.32. The second-order valence-electron chi connectivity index (χ2n) is 6.67. The van der Waals surface area contributed by atoms with Gasteiger partial charge in [0.15, 0.2) is 0 Å². The SMILES string of the molecule is CC(C)(C)OC(=O)C(c1ccsc1C(N)=O)C1CCNCC1. The van der Waals surface area contributed by atoms with Gasteiger partial charge in [-0.05, 0) is 69.6 Å². The van der Waals surface area contributed by atoms with E-state index in [2.05, 4.69) is 5.32 Å². The van der Waals surface area contributed by atoms with Gasteiger partial charge < -0.3 is 15.8 Å². The first kappa shape index (κ1) is 17.0. The van der Waals surface area contributed by atoms with Crippen LogP contribution in [0.3, 0.4) is 0 Å². The van der Waals surface area contributed by atoms with Gasteiger partial charge in [0, 0.05) is 0 Å². The van der Waals surface area contributed by atoms with Gasteiger partial charge in [-0.25, -0.2) is 0 Å². The number of hydrogen-bond donors (Lipinski definition) is 2. The Bertz CT molecular complexity index is 542. The molecule has 1 aliphatic rings. The molecule has 1 saturated heterocycles. The summed E-state index contributed by atoms with van der Waals surface area (Å²) in [5.41, 5.74) is 5.63. The molecule has 6 heteroatoms. The predicted molar refractivity (Wildman–Crippen MR) is 87.0 cm³/mol. The largest absolute Gasteiger partial charge is 0.459 e. The van der Waals surface area contributed by atoms with E-state index in [1.165, 1.54) is 11.3 Å². The Kier molecular flexibility index (Phi) is 5.24. The molecule has 0 aliphatic carbocycles. The zero-order chi connectivity index (χ0) is 16.3. The van der Waals surface area contributed by atoms with E-state index in [0.717, 1.165) is 31.5 Å². The summed E-state index contributed by atoms with van der Waals surface area (Å²) in [4.78, 5) is 24.9. The molecule has 1 aromatic heterocycles. The Morgan fingerprint density at radius 2 is 2.00 bits per heavy atom. The number of nitrogens with two attached hydrogens (primary N) is 1. The Morgan fingerprint density at radius 1 is 1.36 bits per heavy atom. The molecule has 0 bridgehead atoms. The average molecular weight is 324 g/mol. The zero-order valence-electron chi connectivity index (χ0n) is 13.3. The van der Waals surface area contributed by atoms with Gasteiger partial charge in [-0.2, -0.15) is 0 Å². The number of thiophene rings is 1. The number of esters is 1. The van der Waals surface area contributed by atoms with Gasteiger partial charge >= 0.3 is 5.97 Å². The van der Waals surface area contributed by atoms with Gasteiger partial charge in [-0.1, -0.05) is 0 Å². The molecular formula is C16H24N2O3S. The third-order valence-corrected chi connectivity index (χ3v) is 4.72. The summed E-state index contributed by atoms with van der Waals surface area (Å²) in [5, 5.41) is 5.11. The van der Waals surface area contributed by atoms with E-state index in [0.29, 0.717) is 4.88 Å². The molecular weight excluding hydrogens is 300 g/mol. The normalized spacial score (nSPS) is 18.0. The van der Waals surface area contributed by atoms with Crippen LogP contribution in [0.1, 0.15) is 54.8 Å². The Labute approximate surface area is 135 Å². The van der Waals surface area contributed by atoms with Gasteiger partial charge in [0.2, 0.25) is 0 Å². The van der Waals surface area contributed by atoms with Crippen LogP contribution >= 0.6 is 11.3 Å². The zero-order valence-corrected chi connectivity index (χ0v) is 14.2. The third-order valence-electron chi connectivity index (χ3n) is 3.77. The van der Waals surface area contributed by atoms with Gasteiger partial charge in [-0.3, -0.25) is 9.59 Å². The molecule has 1 aromatic rings. The van der Waals surface area contributed by atoms with Crippen molar-refractivity contribution < 1.29 is 14.3 Å². The van der Waals surface area contributed by atoms with Crippen LogP contribution in [-0.2, 0) is 9.53 Å². The maximum atomic E-state index is 12.7. The lowest BCUT2D eigenvalue weighted by atomic mass is 9.80. The molecule has 0 spiro atoms. The topological polar surface area (TPSA) is 81.4 Å². The van der Waals surface area contributed by atoms with E-state index < -0.39 is 17.4 Å². The summed E-state index contributed by atoms with van der Waals surface area (Å²) in [6.07, 6.45) is 1.77. The predicted octanol–water partition coefficient (Wildman–Crippen LogP) is 2.27. The fraction of sp³-hybridized carbons (Fsp3) is 0.625. The third kappa shape index (κ3) is 4.08. The van der Waals surface area contributed by atoms with Crippen molar-refractivity contribution in [2.24, 2.45) is 11.7 Å². The maximum absolute atomic E-state index is 12.7. The number of piperidine rings is 1. The van der Waals surface area contributed by atoms with E-state index in [4.69, 9.17) is 10.5 Å². The van der Waals surface area contributed by atoms with Crippen LogP contribution < -0.4 is 11.1 Å². The summed E-state index contributed by atoms with van der Waals surface area (Å²) >= 11 is 1.29. The highest BCUT2D eigenvalue weighted by atomic mass is 32.1. The number of ether oxygens (including phenoxy) is 1. The van der Waals surface area contributed by atoms with Gasteiger partial charge in [-0.15, -0.1) is 11.3 Å². The lowest BCUT2D eigenvalue weighted by molar-refractivity contribution is -0.158. The summed E-state index contributed by atoms with van der Waals surface area (Å²) < 4.78 is 5.60. The first-order valence-electron chi connectivity index (χ1n) is 7.60. The summed E-state index contributed by atoms with van der Waals surface area (Å²) in [6, 6.07) is 1.83. The summed E-state index contributed by atoms with van der Waals surface area (Å²) in [5.74, 6) is -0.994. The van der Waals surface area contributed by atoms with Gasteiger partial charge in [0.1, 0.15) is 5.60 Å². The Hall–Kier alpha value is -1.40. The minimum atomic E-state index is -0.550. The Morgan fingerprint density at radius 3 is 2.55 bits per heavy atom. The maximum Gasteiger partial charge on any atom is 0.314 e. The highest BCUT2D eigenvalue weighted by molar-refractivity contribution is 7.12. The fourth-order valence-corrected chi connectivity index (χ4v) is 3.68. The molecule has 1 unspecified atom stereocenters. The van der Waals surface area contributed by atoms with Crippen molar-refractivity contribution in [3.63, 3.8) is 0 Å². The molecule has 2 heterocycles. The van der Waals surface area contributed by atoms with Crippen molar-refractivity contribution in [3.05, 3.63) is 21.9 Å². The lowest BCUT2D eigenvalue weighted by Crippen LogP contribution is -2.37. The van der Waals surface area contributed by atoms with Crippen molar-refractivity contribution in [3.8, 4) is 0 Å². The molecule has 0 saturated carbocycles. The number of carbonyl (C=O) groups excluding carboxylic acids is 2. The summed E-state index contributed by atoms with van der Waals surface area (Å²) in [6.45, 7) is 7.31. The Balaban J connectivity index is 2.34. The van der Waals surface area contributed by atoms with Crippen molar-refractivity contribution >= 4 is 23.2 Å². The van der Waals surface area contributed by atoms with Crippen LogP contribution in [0.2, 0.25) is 0 Å². The van der Waals surface area contributed by atoms with Crippen molar-refractivity contribution in [1.82, 2.24) is 5.32 Å². The highest BCUT2D eigenvalue weighted by Crippen LogP contribution is 2.37. The smallest absolute Gasteiger partial charge is 0.314 e. The molecule has 1 amide bonds. The van der Waals surface area contributed by atoms with Crippen molar-refractivity contribution in [2.75, 3.05) is 13.1 Å². The number of rotatable bonds is 4. The molecule has 0 radical (unpaired) electrons. The van der Waals surface area contributed by atoms with Crippen LogP contribution in [0.15, 0.2) is 11.4 Å². The van der Waals surface area contributed by atoms with E-state index in [1.807, 2.05) is 32.2 Å². The number of carbonyl (C=O) groups is 2.